The predicted molar refractivity (Wildman–Crippen MR) is 96.3 cm³/mol. The number of sulfonamides is 1. The number of anilines is 1. The van der Waals surface area contributed by atoms with Crippen LogP contribution in [0, 0.1) is 11.3 Å². The maximum Gasteiger partial charge on any atom is 0.337 e. The van der Waals surface area contributed by atoms with Crippen molar-refractivity contribution in [2.75, 3.05) is 12.4 Å². The van der Waals surface area contributed by atoms with E-state index in [9.17, 15) is 23.1 Å². The first kappa shape index (κ1) is 19.0. The summed E-state index contributed by atoms with van der Waals surface area (Å²) in [6.45, 7) is 0. The normalized spacial score (nSPS) is 11.1. The molecule has 1 aromatic heterocycles. The zero-order valence-corrected chi connectivity index (χ0v) is 15.1. The summed E-state index contributed by atoms with van der Waals surface area (Å²) in [5.41, 5.74) is -0.242. The summed E-state index contributed by atoms with van der Waals surface area (Å²) in [5, 5.41) is 24.5. The highest BCUT2D eigenvalue weighted by molar-refractivity contribution is 7.89. The molecule has 0 spiro atoms. The second-order valence-corrected chi connectivity index (χ2v) is 7.41. The van der Waals surface area contributed by atoms with Gasteiger partial charge < -0.3 is 14.9 Å². The highest BCUT2D eigenvalue weighted by Crippen LogP contribution is 2.24. The lowest BCUT2D eigenvalue weighted by atomic mass is 10.1. The summed E-state index contributed by atoms with van der Waals surface area (Å²) in [7, 11) is -2.44. The number of carboxylic acid groups (broad SMARTS) is 1. The van der Waals surface area contributed by atoms with Crippen LogP contribution in [0.15, 0.2) is 45.8 Å². The van der Waals surface area contributed by atoms with Crippen LogP contribution < -0.4 is 10.0 Å². The Hall–Kier alpha value is -3.75. The van der Waals surface area contributed by atoms with Gasteiger partial charge in [0.1, 0.15) is 0 Å². The van der Waals surface area contributed by atoms with E-state index < -0.39 is 21.9 Å². The van der Waals surface area contributed by atoms with Crippen LogP contribution in [-0.2, 0) is 10.0 Å². The number of carbonyl (C=O) groups excluding carboxylic acids is 1. The number of hydrogen-bond donors (Lipinski definition) is 3. The fourth-order valence-corrected chi connectivity index (χ4v) is 3.19. The number of aromatic carboxylic acids is 1. The lowest BCUT2D eigenvalue weighted by Crippen LogP contribution is -2.18. The molecular weight excluding hydrogens is 388 g/mol. The van der Waals surface area contributed by atoms with Crippen LogP contribution in [0.25, 0.3) is 11.0 Å². The van der Waals surface area contributed by atoms with E-state index >= 15 is 0 Å². The zero-order valence-electron chi connectivity index (χ0n) is 14.3. The number of fused-ring (bicyclic) bond motifs is 1. The Morgan fingerprint density at radius 2 is 1.96 bits per heavy atom. The SMILES string of the molecule is CNS(=O)(=O)c1ccc2c(C(=O)Nc3ccc(C#N)cc3C(=O)O)noc2c1. The molecule has 0 aliphatic rings. The highest BCUT2D eigenvalue weighted by atomic mass is 32.2. The van der Waals surface area contributed by atoms with Crippen molar-refractivity contribution in [3.8, 4) is 6.07 Å². The minimum Gasteiger partial charge on any atom is -0.478 e. The van der Waals surface area contributed by atoms with Gasteiger partial charge in [0.2, 0.25) is 10.0 Å². The molecule has 0 unspecified atom stereocenters. The number of carboxylic acids is 1. The molecule has 0 saturated heterocycles. The van der Waals surface area contributed by atoms with Crippen molar-refractivity contribution in [2.24, 2.45) is 0 Å². The molecule has 11 heteroatoms. The van der Waals surface area contributed by atoms with Crippen LogP contribution in [0.1, 0.15) is 26.4 Å². The average Bonchev–Trinajstić information content (AvgIpc) is 3.11. The third-order valence-corrected chi connectivity index (χ3v) is 5.28. The van der Waals surface area contributed by atoms with Crippen molar-refractivity contribution >= 4 is 38.6 Å². The Kier molecular flexibility index (Phi) is 4.83. The first-order chi connectivity index (χ1) is 13.3. The molecule has 0 fully saturated rings. The Balaban J connectivity index is 1.97. The topological polar surface area (TPSA) is 162 Å². The van der Waals surface area contributed by atoms with Gasteiger partial charge in [0, 0.05) is 6.07 Å². The number of benzene rings is 2. The summed E-state index contributed by atoms with van der Waals surface area (Å²) < 4.78 is 30.9. The van der Waals surface area contributed by atoms with Crippen molar-refractivity contribution < 1.29 is 27.6 Å². The van der Waals surface area contributed by atoms with E-state index in [1.54, 1.807) is 0 Å². The van der Waals surface area contributed by atoms with Gasteiger partial charge in [0.05, 0.1) is 33.2 Å². The third kappa shape index (κ3) is 3.41. The van der Waals surface area contributed by atoms with Gasteiger partial charge in [-0.2, -0.15) is 5.26 Å². The maximum absolute atomic E-state index is 12.5. The minimum atomic E-state index is -3.70. The molecule has 28 heavy (non-hydrogen) atoms. The van der Waals surface area contributed by atoms with Crippen molar-refractivity contribution in [2.45, 2.75) is 4.90 Å². The van der Waals surface area contributed by atoms with Crippen molar-refractivity contribution in [1.82, 2.24) is 9.88 Å². The van der Waals surface area contributed by atoms with Crippen molar-refractivity contribution in [3.63, 3.8) is 0 Å². The number of rotatable bonds is 5. The maximum atomic E-state index is 12.5. The fraction of sp³-hybridized carbons (Fsp3) is 0.0588. The van der Waals surface area contributed by atoms with Crippen LogP contribution in [-0.4, -0.2) is 37.6 Å². The molecule has 0 saturated carbocycles. The van der Waals surface area contributed by atoms with Gasteiger partial charge in [0.25, 0.3) is 5.91 Å². The lowest BCUT2D eigenvalue weighted by molar-refractivity contribution is 0.0698. The summed E-state index contributed by atoms with van der Waals surface area (Å²) in [4.78, 5) is 23.8. The third-order valence-electron chi connectivity index (χ3n) is 3.86. The fourth-order valence-electron chi connectivity index (χ4n) is 2.45. The Morgan fingerprint density at radius 1 is 1.21 bits per heavy atom. The molecular formula is C17H12N4O6S. The number of nitrogens with one attached hydrogen (secondary N) is 2. The molecule has 0 aliphatic carbocycles. The van der Waals surface area contributed by atoms with Crippen LogP contribution in [0.5, 0.6) is 0 Å². The van der Waals surface area contributed by atoms with E-state index in [0.717, 1.165) is 6.07 Å². The molecule has 2 aromatic carbocycles. The molecule has 1 amide bonds. The molecule has 3 aromatic rings. The molecule has 0 radical (unpaired) electrons. The highest BCUT2D eigenvalue weighted by Gasteiger charge is 2.21. The van der Waals surface area contributed by atoms with Crippen molar-refractivity contribution in [3.05, 3.63) is 53.2 Å². The number of nitriles is 1. The van der Waals surface area contributed by atoms with E-state index in [0.29, 0.717) is 0 Å². The zero-order chi connectivity index (χ0) is 20.5. The van der Waals surface area contributed by atoms with Gasteiger partial charge >= 0.3 is 5.97 Å². The van der Waals surface area contributed by atoms with Crippen LogP contribution >= 0.6 is 0 Å². The number of hydrogen-bond acceptors (Lipinski definition) is 7. The molecule has 10 nitrogen and oxygen atoms in total. The summed E-state index contributed by atoms with van der Waals surface area (Å²) >= 11 is 0. The Bertz CT molecular complexity index is 1260. The molecule has 0 aliphatic heterocycles. The number of aromatic nitrogens is 1. The van der Waals surface area contributed by atoms with E-state index in [1.165, 1.54) is 37.4 Å². The monoisotopic (exact) mass is 400 g/mol. The van der Waals surface area contributed by atoms with Gasteiger partial charge in [-0.05, 0) is 37.4 Å². The number of amides is 1. The average molecular weight is 400 g/mol. The predicted octanol–water partition coefficient (Wildman–Crippen LogP) is 1.56. The second-order valence-electron chi connectivity index (χ2n) is 5.53. The van der Waals surface area contributed by atoms with Gasteiger partial charge in [-0.15, -0.1) is 0 Å². The molecule has 142 valence electrons. The van der Waals surface area contributed by atoms with Gasteiger partial charge in [-0.25, -0.2) is 17.9 Å². The molecule has 3 rings (SSSR count). The second kappa shape index (κ2) is 7.10. The first-order valence-corrected chi connectivity index (χ1v) is 9.17. The van der Waals surface area contributed by atoms with Crippen molar-refractivity contribution in [1.29, 1.82) is 5.26 Å². The molecule has 0 atom stereocenters. The lowest BCUT2D eigenvalue weighted by Gasteiger charge is -2.07. The first-order valence-electron chi connectivity index (χ1n) is 7.68. The largest absolute Gasteiger partial charge is 0.478 e. The Morgan fingerprint density at radius 3 is 2.61 bits per heavy atom. The van der Waals surface area contributed by atoms with E-state index in [2.05, 4.69) is 15.2 Å². The smallest absolute Gasteiger partial charge is 0.337 e. The summed E-state index contributed by atoms with van der Waals surface area (Å²) in [6, 6.07) is 9.47. The molecule has 3 N–H and O–H groups in total. The Labute approximate surface area is 158 Å². The minimum absolute atomic E-state index is 0.0259. The molecule has 1 heterocycles. The van der Waals surface area contributed by atoms with E-state index in [4.69, 9.17) is 9.78 Å². The van der Waals surface area contributed by atoms with E-state index in [1.807, 2.05) is 6.07 Å². The van der Waals surface area contributed by atoms with Gasteiger partial charge in [0.15, 0.2) is 11.3 Å². The van der Waals surface area contributed by atoms with Crippen LogP contribution in [0.2, 0.25) is 0 Å². The standard InChI is InChI=1S/C17H12N4O6S/c1-19-28(25,26)10-3-4-11-14(7-10)27-21-15(11)16(22)20-13-5-2-9(8-18)6-12(13)17(23)24/h2-7,19H,1H3,(H,20,22)(H,23,24). The van der Waals surface area contributed by atoms with E-state index in [-0.39, 0.29) is 38.4 Å². The quantitative estimate of drug-likeness (QED) is 0.581. The summed E-state index contributed by atoms with van der Waals surface area (Å²) in [6.07, 6.45) is 0. The van der Waals surface area contributed by atoms with Crippen LogP contribution in [0.4, 0.5) is 5.69 Å². The summed E-state index contributed by atoms with van der Waals surface area (Å²) in [5.74, 6) is -2.07. The van der Waals surface area contributed by atoms with Gasteiger partial charge in [-0.3, -0.25) is 4.79 Å². The number of nitrogens with zero attached hydrogens (tertiary/aromatic N) is 2. The number of carbonyl (C=O) groups is 2. The van der Waals surface area contributed by atoms with Crippen LogP contribution in [0.3, 0.4) is 0 Å². The van der Waals surface area contributed by atoms with Gasteiger partial charge in [-0.1, -0.05) is 5.16 Å². The molecule has 0 bridgehead atoms.